The zero-order valence-corrected chi connectivity index (χ0v) is 18.6. The Labute approximate surface area is 171 Å². The number of rotatable bonds is 7. The molecular formula is C21H31N3O3S. The van der Waals surface area contributed by atoms with Crippen LogP contribution in [0.1, 0.15) is 61.9 Å². The molecule has 0 amide bonds. The van der Waals surface area contributed by atoms with Gasteiger partial charge in [0.25, 0.3) is 0 Å². The fourth-order valence-electron chi connectivity index (χ4n) is 3.57. The number of aromatic nitrogens is 2. The van der Waals surface area contributed by atoms with Crippen molar-refractivity contribution in [1.29, 1.82) is 0 Å². The normalized spacial score (nSPS) is 16.7. The fraction of sp³-hybridized carbons (Fsp3) is 0.667. The first kappa shape index (κ1) is 21.1. The van der Waals surface area contributed by atoms with Gasteiger partial charge in [-0.1, -0.05) is 5.16 Å². The molecule has 0 saturated carbocycles. The summed E-state index contributed by atoms with van der Waals surface area (Å²) in [7, 11) is 2.04. The van der Waals surface area contributed by atoms with Crippen LogP contribution < -0.4 is 0 Å². The van der Waals surface area contributed by atoms with Crippen molar-refractivity contribution in [2.24, 2.45) is 0 Å². The molecule has 0 unspecified atom stereocenters. The van der Waals surface area contributed by atoms with Crippen LogP contribution in [0.2, 0.25) is 0 Å². The molecule has 6 nitrogen and oxygen atoms in total. The molecule has 0 aromatic carbocycles. The lowest BCUT2D eigenvalue weighted by molar-refractivity contribution is -0.130. The second-order valence-electron chi connectivity index (χ2n) is 8.66. The maximum Gasteiger partial charge on any atom is 0.160 e. The van der Waals surface area contributed by atoms with Crippen molar-refractivity contribution in [1.82, 2.24) is 15.0 Å². The maximum absolute atomic E-state index is 13.1. The van der Waals surface area contributed by atoms with E-state index in [0.29, 0.717) is 11.8 Å². The predicted octanol–water partition coefficient (Wildman–Crippen LogP) is 3.77. The molecule has 0 N–H and O–H groups in total. The highest BCUT2D eigenvalue weighted by Crippen LogP contribution is 2.34. The molecular weight excluding hydrogens is 374 g/mol. The minimum atomic E-state index is -0.570. The van der Waals surface area contributed by atoms with Gasteiger partial charge in [0, 0.05) is 41.8 Å². The van der Waals surface area contributed by atoms with Crippen LogP contribution in [0.4, 0.5) is 0 Å². The Bertz CT molecular complexity index is 818. The largest absolute Gasteiger partial charge is 0.381 e. The van der Waals surface area contributed by atoms with Gasteiger partial charge in [0.2, 0.25) is 0 Å². The molecule has 2 aromatic heterocycles. The van der Waals surface area contributed by atoms with E-state index in [1.165, 1.54) is 0 Å². The second kappa shape index (κ2) is 8.05. The summed E-state index contributed by atoms with van der Waals surface area (Å²) in [6, 6.07) is 2.28. The van der Waals surface area contributed by atoms with Crippen LogP contribution in [-0.4, -0.2) is 52.7 Å². The molecule has 0 bridgehead atoms. The third kappa shape index (κ3) is 4.21. The van der Waals surface area contributed by atoms with E-state index >= 15 is 0 Å². The minimum absolute atomic E-state index is 0.135. The molecule has 3 rings (SSSR count). The summed E-state index contributed by atoms with van der Waals surface area (Å²) in [5, 5.41) is 5.29. The number of hydrogen-bond donors (Lipinski definition) is 0. The van der Waals surface area contributed by atoms with E-state index in [4.69, 9.17) is 9.26 Å². The highest BCUT2D eigenvalue weighted by atomic mass is 32.1. The number of Topliss-reactive ketones (excluding diaryl/α,β-unsaturated/α-hetero) is 1. The Kier molecular flexibility index (Phi) is 6.08. The van der Waals surface area contributed by atoms with E-state index in [-0.39, 0.29) is 17.6 Å². The number of aryl methyl sites for hydroxylation is 1. The van der Waals surface area contributed by atoms with Gasteiger partial charge in [-0.2, -0.15) is 0 Å². The van der Waals surface area contributed by atoms with Crippen molar-refractivity contribution < 1.29 is 14.1 Å². The molecule has 154 valence electrons. The van der Waals surface area contributed by atoms with Crippen LogP contribution in [0.3, 0.4) is 0 Å². The number of carbonyl (C=O) groups is 1. The van der Waals surface area contributed by atoms with Gasteiger partial charge in [-0.15, -0.1) is 11.3 Å². The average Bonchev–Trinajstić information content (AvgIpc) is 3.31. The van der Waals surface area contributed by atoms with Crippen molar-refractivity contribution >= 4 is 17.1 Å². The Balaban J connectivity index is 1.70. The summed E-state index contributed by atoms with van der Waals surface area (Å²) in [6.45, 7) is 11.7. The average molecular weight is 406 g/mol. The van der Waals surface area contributed by atoms with Gasteiger partial charge in [-0.05, 0) is 54.5 Å². The Morgan fingerprint density at radius 2 is 1.96 bits per heavy atom. The summed E-state index contributed by atoms with van der Waals surface area (Å²) in [5.74, 6) is 0.749. The first-order chi connectivity index (χ1) is 13.1. The van der Waals surface area contributed by atoms with Crippen molar-refractivity contribution in [2.45, 2.75) is 70.9 Å². The highest BCUT2D eigenvalue weighted by molar-refractivity contribution is 7.11. The van der Waals surface area contributed by atoms with Crippen LogP contribution in [0.15, 0.2) is 16.8 Å². The van der Waals surface area contributed by atoms with Crippen LogP contribution in [0, 0.1) is 6.92 Å². The number of nitrogens with zero attached hydrogens (tertiary/aromatic N) is 3. The number of likely N-dealkylation sites (N-methyl/N-ethyl adjacent to an activating group) is 1. The SMILES string of the molecule is Cc1ncc(C(C)(C)c2cc(CC(=O)C(C)(C)N(C)C3CCOCC3)on2)s1. The van der Waals surface area contributed by atoms with Crippen molar-refractivity contribution in [3.05, 3.63) is 33.6 Å². The highest BCUT2D eigenvalue weighted by Gasteiger charge is 2.37. The summed E-state index contributed by atoms with van der Waals surface area (Å²) in [5.41, 5.74) is -0.0424. The number of hydrogen-bond acceptors (Lipinski definition) is 7. The summed E-state index contributed by atoms with van der Waals surface area (Å²) in [6.07, 6.45) is 4.06. The summed E-state index contributed by atoms with van der Waals surface area (Å²) in [4.78, 5) is 20.8. The number of ketones is 1. The van der Waals surface area contributed by atoms with Gasteiger partial charge < -0.3 is 9.26 Å². The zero-order valence-electron chi connectivity index (χ0n) is 17.7. The van der Waals surface area contributed by atoms with Crippen LogP contribution in [0.5, 0.6) is 0 Å². The molecule has 0 aliphatic carbocycles. The monoisotopic (exact) mass is 405 g/mol. The molecule has 1 aliphatic heterocycles. The topological polar surface area (TPSA) is 68.5 Å². The molecule has 0 atom stereocenters. The van der Waals surface area contributed by atoms with Crippen LogP contribution in [-0.2, 0) is 21.4 Å². The van der Waals surface area contributed by atoms with Gasteiger partial charge >= 0.3 is 0 Å². The van der Waals surface area contributed by atoms with Crippen molar-refractivity contribution in [3.8, 4) is 0 Å². The smallest absolute Gasteiger partial charge is 0.160 e. The van der Waals surface area contributed by atoms with E-state index in [0.717, 1.165) is 41.6 Å². The Morgan fingerprint density at radius 3 is 2.57 bits per heavy atom. The van der Waals surface area contributed by atoms with Gasteiger partial charge in [0.15, 0.2) is 5.78 Å². The molecule has 0 spiro atoms. The van der Waals surface area contributed by atoms with Crippen molar-refractivity contribution in [3.63, 3.8) is 0 Å². The number of carbonyl (C=O) groups excluding carboxylic acids is 1. The van der Waals surface area contributed by atoms with Gasteiger partial charge in [0.1, 0.15) is 5.76 Å². The fourth-order valence-corrected chi connectivity index (χ4v) is 4.46. The van der Waals surface area contributed by atoms with E-state index in [1.54, 1.807) is 11.3 Å². The molecule has 2 aromatic rings. The summed E-state index contributed by atoms with van der Waals surface area (Å²) >= 11 is 1.66. The molecule has 1 fully saturated rings. The van der Waals surface area contributed by atoms with Gasteiger partial charge in [-0.25, -0.2) is 4.98 Å². The summed E-state index contributed by atoms with van der Waals surface area (Å²) < 4.78 is 11.0. The van der Waals surface area contributed by atoms with E-state index in [1.807, 2.05) is 40.1 Å². The molecule has 28 heavy (non-hydrogen) atoms. The standard InChI is InChI=1S/C21H31N3O3S/c1-14-22-13-19(28-14)20(2,3)17-11-16(27-23-17)12-18(25)21(4,5)24(6)15-7-9-26-10-8-15/h11,13,15H,7-10,12H2,1-6H3. The van der Waals surface area contributed by atoms with Crippen LogP contribution in [0.25, 0.3) is 0 Å². The van der Waals surface area contributed by atoms with E-state index < -0.39 is 5.54 Å². The van der Waals surface area contributed by atoms with Gasteiger partial charge in [0.05, 0.1) is 22.7 Å². The Morgan fingerprint density at radius 1 is 1.29 bits per heavy atom. The minimum Gasteiger partial charge on any atom is -0.381 e. The van der Waals surface area contributed by atoms with Crippen LogP contribution >= 0.6 is 11.3 Å². The molecule has 3 heterocycles. The molecule has 1 saturated heterocycles. The first-order valence-electron chi connectivity index (χ1n) is 9.85. The second-order valence-corrected chi connectivity index (χ2v) is 9.90. The molecule has 1 aliphatic rings. The number of ether oxygens (including phenoxy) is 1. The van der Waals surface area contributed by atoms with E-state index in [9.17, 15) is 4.79 Å². The third-order valence-corrected chi connectivity index (χ3v) is 7.31. The Hall–Kier alpha value is -1.57. The molecule has 0 radical (unpaired) electrons. The zero-order chi connectivity index (χ0) is 20.5. The van der Waals surface area contributed by atoms with E-state index in [2.05, 4.69) is 28.9 Å². The third-order valence-electron chi connectivity index (χ3n) is 6.07. The maximum atomic E-state index is 13.1. The lowest BCUT2D eigenvalue weighted by Crippen LogP contribution is -2.54. The lowest BCUT2D eigenvalue weighted by Gasteiger charge is -2.41. The van der Waals surface area contributed by atoms with Crippen molar-refractivity contribution in [2.75, 3.05) is 20.3 Å². The molecule has 7 heteroatoms. The number of thiazole rings is 1. The lowest BCUT2D eigenvalue weighted by atomic mass is 9.87. The predicted molar refractivity (Wildman–Crippen MR) is 110 cm³/mol. The first-order valence-corrected chi connectivity index (χ1v) is 10.7. The quantitative estimate of drug-likeness (QED) is 0.698. The van der Waals surface area contributed by atoms with Gasteiger partial charge in [-0.3, -0.25) is 9.69 Å².